The van der Waals surface area contributed by atoms with E-state index in [1.165, 1.54) is 7.11 Å². The fraction of sp³-hybridized carbons (Fsp3) is 0.0769. The molecule has 0 radical (unpaired) electrons. The molecule has 0 unspecified atom stereocenters. The third-order valence-electron chi connectivity index (χ3n) is 2.77. The molecular formula is C13H8ClNO2S. The van der Waals surface area contributed by atoms with E-state index in [9.17, 15) is 4.79 Å². The maximum absolute atomic E-state index is 11.5. The van der Waals surface area contributed by atoms with Crippen LogP contribution < -0.4 is 0 Å². The maximum atomic E-state index is 11.5. The molecule has 90 valence electrons. The normalized spacial score (nSPS) is 11.0. The number of pyridine rings is 1. The lowest BCUT2D eigenvalue weighted by Crippen LogP contribution is -2.00. The molecule has 0 saturated heterocycles. The molecule has 5 heteroatoms. The molecule has 18 heavy (non-hydrogen) atoms. The number of aromatic nitrogens is 1. The van der Waals surface area contributed by atoms with Crippen molar-refractivity contribution in [1.82, 2.24) is 4.98 Å². The van der Waals surface area contributed by atoms with Crippen molar-refractivity contribution in [3.05, 3.63) is 40.4 Å². The quantitative estimate of drug-likeness (QED) is 0.500. The molecule has 3 rings (SSSR count). The Morgan fingerprint density at radius 1 is 1.33 bits per heavy atom. The third-order valence-corrected chi connectivity index (χ3v) is 4.01. The molecule has 0 atom stereocenters. The fourth-order valence-corrected chi connectivity index (χ4v) is 3.14. The minimum Gasteiger partial charge on any atom is -0.465 e. The molecular weight excluding hydrogens is 270 g/mol. The van der Waals surface area contributed by atoms with Crippen molar-refractivity contribution in [1.29, 1.82) is 0 Å². The van der Waals surface area contributed by atoms with Gasteiger partial charge in [-0.1, -0.05) is 17.7 Å². The number of hydrogen-bond donors (Lipinski definition) is 0. The molecule has 0 N–H and O–H groups in total. The van der Waals surface area contributed by atoms with E-state index >= 15 is 0 Å². The molecule has 0 saturated carbocycles. The second-order valence-corrected chi connectivity index (χ2v) is 5.06. The minimum atomic E-state index is -0.374. The summed E-state index contributed by atoms with van der Waals surface area (Å²) in [6, 6.07) is 7.27. The Bertz CT molecular complexity index is 766. The second-order valence-electron chi connectivity index (χ2n) is 3.79. The first kappa shape index (κ1) is 11.4. The molecule has 2 heterocycles. The van der Waals surface area contributed by atoms with E-state index in [1.54, 1.807) is 23.5 Å². The van der Waals surface area contributed by atoms with Gasteiger partial charge in [-0.05, 0) is 23.6 Å². The van der Waals surface area contributed by atoms with Gasteiger partial charge in [0.15, 0.2) is 0 Å². The van der Waals surface area contributed by atoms with Gasteiger partial charge >= 0.3 is 5.97 Å². The van der Waals surface area contributed by atoms with Crippen LogP contribution in [0, 0.1) is 0 Å². The van der Waals surface area contributed by atoms with Gasteiger partial charge in [-0.25, -0.2) is 9.78 Å². The highest BCUT2D eigenvalue weighted by molar-refractivity contribution is 7.18. The van der Waals surface area contributed by atoms with Crippen molar-refractivity contribution in [2.24, 2.45) is 0 Å². The van der Waals surface area contributed by atoms with Gasteiger partial charge in [-0.2, -0.15) is 0 Å². The number of fused-ring (bicyclic) bond motifs is 3. The molecule has 0 spiro atoms. The summed E-state index contributed by atoms with van der Waals surface area (Å²) < 4.78 is 5.78. The number of methoxy groups -OCH3 is 1. The Morgan fingerprint density at radius 3 is 2.94 bits per heavy atom. The van der Waals surface area contributed by atoms with Gasteiger partial charge in [0.2, 0.25) is 0 Å². The first-order valence-electron chi connectivity index (χ1n) is 5.25. The van der Waals surface area contributed by atoms with E-state index in [1.807, 2.05) is 17.5 Å². The SMILES string of the molecule is COC(=O)c1ccc2c(c1)nc(Cl)c1ccsc12. The number of benzene rings is 1. The lowest BCUT2D eigenvalue weighted by atomic mass is 10.1. The summed E-state index contributed by atoms with van der Waals surface area (Å²) in [6.07, 6.45) is 0. The van der Waals surface area contributed by atoms with E-state index in [0.717, 1.165) is 15.5 Å². The molecule has 2 aromatic heterocycles. The van der Waals surface area contributed by atoms with Crippen LogP contribution in [0.5, 0.6) is 0 Å². The van der Waals surface area contributed by atoms with Gasteiger partial charge in [-0.15, -0.1) is 11.3 Å². The Kier molecular flexibility index (Phi) is 2.69. The third kappa shape index (κ3) is 1.65. The standard InChI is InChI=1S/C13H8ClNO2S/c1-17-13(16)7-2-3-8-10(6-7)15-12(14)9-4-5-18-11(8)9/h2-6H,1H3. The number of nitrogens with zero attached hydrogens (tertiary/aromatic N) is 1. The van der Waals surface area contributed by atoms with Crippen LogP contribution in [-0.4, -0.2) is 18.1 Å². The number of rotatable bonds is 1. The Labute approximate surface area is 112 Å². The summed E-state index contributed by atoms with van der Waals surface area (Å²) in [5.41, 5.74) is 1.18. The lowest BCUT2D eigenvalue weighted by molar-refractivity contribution is 0.0601. The molecule has 0 aliphatic heterocycles. The van der Waals surface area contributed by atoms with Gasteiger partial charge < -0.3 is 4.74 Å². The summed E-state index contributed by atoms with van der Waals surface area (Å²) in [6.45, 7) is 0. The van der Waals surface area contributed by atoms with Gasteiger partial charge in [0, 0.05) is 15.5 Å². The van der Waals surface area contributed by atoms with Crippen LogP contribution in [0.3, 0.4) is 0 Å². The summed E-state index contributed by atoms with van der Waals surface area (Å²) in [4.78, 5) is 15.8. The summed E-state index contributed by atoms with van der Waals surface area (Å²) in [5, 5.41) is 4.38. The summed E-state index contributed by atoms with van der Waals surface area (Å²) >= 11 is 7.73. The molecule has 0 aliphatic rings. The molecule has 3 aromatic rings. The van der Waals surface area contributed by atoms with Crippen LogP contribution in [-0.2, 0) is 4.74 Å². The highest BCUT2D eigenvalue weighted by atomic mass is 35.5. The number of carbonyl (C=O) groups is 1. The van der Waals surface area contributed by atoms with Crippen LogP contribution in [0.15, 0.2) is 29.6 Å². The molecule has 0 aliphatic carbocycles. The predicted molar refractivity (Wildman–Crippen MR) is 73.5 cm³/mol. The van der Waals surface area contributed by atoms with E-state index < -0.39 is 0 Å². The number of ether oxygens (including phenoxy) is 1. The van der Waals surface area contributed by atoms with Crippen LogP contribution in [0.4, 0.5) is 0 Å². The summed E-state index contributed by atoms with van der Waals surface area (Å²) in [5.74, 6) is -0.374. The predicted octanol–water partition coefficient (Wildman–Crippen LogP) is 3.89. The summed E-state index contributed by atoms with van der Waals surface area (Å²) in [7, 11) is 1.36. The largest absolute Gasteiger partial charge is 0.465 e. The van der Waals surface area contributed by atoms with Crippen LogP contribution in [0.25, 0.3) is 21.0 Å². The van der Waals surface area contributed by atoms with Crippen LogP contribution >= 0.6 is 22.9 Å². The van der Waals surface area contributed by atoms with Crippen molar-refractivity contribution in [2.45, 2.75) is 0 Å². The Morgan fingerprint density at radius 2 is 2.17 bits per heavy atom. The monoisotopic (exact) mass is 277 g/mol. The van der Waals surface area contributed by atoms with Gasteiger partial charge in [0.1, 0.15) is 5.15 Å². The second kappa shape index (κ2) is 4.23. The van der Waals surface area contributed by atoms with Gasteiger partial charge in [-0.3, -0.25) is 0 Å². The number of carbonyl (C=O) groups excluding carboxylic acids is 1. The van der Waals surface area contributed by atoms with Crippen molar-refractivity contribution < 1.29 is 9.53 Å². The molecule has 0 amide bonds. The number of halogens is 1. The van der Waals surface area contributed by atoms with Crippen molar-refractivity contribution in [3.8, 4) is 0 Å². The minimum absolute atomic E-state index is 0.374. The van der Waals surface area contributed by atoms with Crippen molar-refractivity contribution >= 4 is 49.9 Å². The average molecular weight is 278 g/mol. The number of esters is 1. The molecule has 0 fully saturated rings. The fourth-order valence-electron chi connectivity index (χ4n) is 1.91. The smallest absolute Gasteiger partial charge is 0.337 e. The highest BCUT2D eigenvalue weighted by Crippen LogP contribution is 2.33. The van der Waals surface area contributed by atoms with Crippen molar-refractivity contribution in [2.75, 3.05) is 7.11 Å². The zero-order valence-corrected chi connectivity index (χ0v) is 11.0. The number of thiophene rings is 1. The van der Waals surface area contributed by atoms with E-state index in [4.69, 9.17) is 16.3 Å². The molecule has 1 aromatic carbocycles. The van der Waals surface area contributed by atoms with Gasteiger partial charge in [0.25, 0.3) is 0 Å². The van der Waals surface area contributed by atoms with E-state index in [2.05, 4.69) is 4.98 Å². The first-order valence-corrected chi connectivity index (χ1v) is 6.51. The number of hydrogen-bond acceptors (Lipinski definition) is 4. The van der Waals surface area contributed by atoms with Crippen molar-refractivity contribution in [3.63, 3.8) is 0 Å². The molecule has 0 bridgehead atoms. The first-order chi connectivity index (χ1) is 8.70. The Balaban J connectivity index is 2.35. The average Bonchev–Trinajstić information content (AvgIpc) is 2.87. The van der Waals surface area contributed by atoms with Crippen LogP contribution in [0.2, 0.25) is 5.15 Å². The highest BCUT2D eigenvalue weighted by Gasteiger charge is 2.11. The maximum Gasteiger partial charge on any atom is 0.337 e. The zero-order chi connectivity index (χ0) is 12.7. The van der Waals surface area contributed by atoms with Gasteiger partial charge in [0.05, 0.1) is 18.2 Å². The Hall–Kier alpha value is -1.65. The molecule has 3 nitrogen and oxygen atoms in total. The van der Waals surface area contributed by atoms with E-state index in [0.29, 0.717) is 16.2 Å². The lowest BCUT2D eigenvalue weighted by Gasteiger charge is -2.03. The zero-order valence-electron chi connectivity index (χ0n) is 9.44. The topological polar surface area (TPSA) is 39.2 Å². The van der Waals surface area contributed by atoms with Crippen LogP contribution in [0.1, 0.15) is 10.4 Å². The van der Waals surface area contributed by atoms with E-state index in [-0.39, 0.29) is 5.97 Å².